The fourth-order valence-corrected chi connectivity index (χ4v) is 6.06. The van der Waals surface area contributed by atoms with Crippen LogP contribution in [-0.4, -0.2) is 69.3 Å². The van der Waals surface area contributed by atoms with E-state index in [1.165, 1.54) is 16.7 Å². The molecule has 1 aliphatic rings. The van der Waals surface area contributed by atoms with Gasteiger partial charge in [0, 0.05) is 25.0 Å². The first-order chi connectivity index (χ1) is 13.4. The van der Waals surface area contributed by atoms with Crippen LogP contribution in [-0.2, 0) is 21.2 Å². The van der Waals surface area contributed by atoms with Gasteiger partial charge in [-0.2, -0.15) is 0 Å². The van der Waals surface area contributed by atoms with Crippen LogP contribution in [0.5, 0.6) is 0 Å². The number of fused-ring (bicyclic) bond motifs is 3. The van der Waals surface area contributed by atoms with Crippen LogP contribution in [0.2, 0.25) is 0 Å². The van der Waals surface area contributed by atoms with E-state index < -0.39 is 9.84 Å². The maximum atomic E-state index is 12.5. The van der Waals surface area contributed by atoms with Crippen LogP contribution in [0.3, 0.4) is 0 Å². The summed E-state index contributed by atoms with van der Waals surface area (Å²) in [5.74, 6) is 0.202. The Bertz CT molecular complexity index is 1160. The number of hydrogen-bond donors (Lipinski definition) is 0. The Labute approximate surface area is 167 Å². The number of carbonyl (C=O) groups is 1. The molecule has 0 spiro atoms. The van der Waals surface area contributed by atoms with Crippen LogP contribution in [0.25, 0.3) is 22.1 Å². The number of carbonyl (C=O) groups excluding carboxylic acids is 1. The van der Waals surface area contributed by atoms with Crippen LogP contribution in [0.1, 0.15) is 13.3 Å². The van der Waals surface area contributed by atoms with E-state index in [4.69, 9.17) is 0 Å². The van der Waals surface area contributed by atoms with E-state index in [0.717, 1.165) is 28.6 Å². The summed E-state index contributed by atoms with van der Waals surface area (Å²) >= 11 is 1.22. The SMILES string of the molecule is CCn1c2ccccc2c2nnc(SCC(=O)N(C)[C@@H]3CCS(=O)(=O)C3)nc21. The Kier molecular flexibility index (Phi) is 5.00. The molecule has 148 valence electrons. The normalized spacial score (nSPS) is 18.7. The first-order valence-corrected chi connectivity index (χ1v) is 11.9. The molecule has 0 saturated carbocycles. The fourth-order valence-electron chi connectivity index (χ4n) is 3.58. The number of aromatic nitrogens is 4. The van der Waals surface area contributed by atoms with E-state index in [2.05, 4.69) is 26.7 Å². The Hall–Kier alpha value is -2.20. The predicted molar refractivity (Wildman–Crippen MR) is 109 cm³/mol. The van der Waals surface area contributed by atoms with Gasteiger partial charge < -0.3 is 9.47 Å². The summed E-state index contributed by atoms with van der Waals surface area (Å²) in [5, 5.41) is 9.96. The van der Waals surface area contributed by atoms with Gasteiger partial charge in [0.1, 0.15) is 5.52 Å². The summed E-state index contributed by atoms with van der Waals surface area (Å²) in [7, 11) is -1.37. The summed E-state index contributed by atoms with van der Waals surface area (Å²) in [4.78, 5) is 18.6. The van der Waals surface area contributed by atoms with Gasteiger partial charge >= 0.3 is 0 Å². The molecule has 0 aliphatic carbocycles. The molecule has 1 aliphatic heterocycles. The van der Waals surface area contributed by atoms with Gasteiger partial charge in [0.2, 0.25) is 11.1 Å². The van der Waals surface area contributed by atoms with E-state index >= 15 is 0 Å². The lowest BCUT2D eigenvalue weighted by Gasteiger charge is -2.22. The first kappa shape index (κ1) is 19.1. The smallest absolute Gasteiger partial charge is 0.233 e. The quantitative estimate of drug-likeness (QED) is 0.581. The predicted octanol–water partition coefficient (Wildman–Crippen LogP) is 1.74. The highest BCUT2D eigenvalue weighted by molar-refractivity contribution is 7.99. The maximum absolute atomic E-state index is 12.5. The lowest BCUT2D eigenvalue weighted by molar-refractivity contribution is -0.128. The summed E-state index contributed by atoms with van der Waals surface area (Å²) in [6, 6.07) is 7.73. The van der Waals surface area contributed by atoms with E-state index in [1.54, 1.807) is 7.05 Å². The summed E-state index contributed by atoms with van der Waals surface area (Å²) in [5.41, 5.74) is 2.56. The molecule has 1 fully saturated rings. The average Bonchev–Trinajstić information content (AvgIpc) is 3.21. The van der Waals surface area contributed by atoms with Gasteiger partial charge in [0.05, 0.1) is 22.8 Å². The van der Waals surface area contributed by atoms with Gasteiger partial charge in [-0.05, 0) is 19.4 Å². The van der Waals surface area contributed by atoms with Crippen molar-refractivity contribution in [2.45, 2.75) is 31.1 Å². The molecule has 1 amide bonds. The molecule has 0 N–H and O–H groups in total. The van der Waals surface area contributed by atoms with Crippen molar-refractivity contribution in [2.75, 3.05) is 24.3 Å². The van der Waals surface area contributed by atoms with Crippen molar-refractivity contribution in [3.05, 3.63) is 24.3 Å². The van der Waals surface area contributed by atoms with Crippen molar-refractivity contribution in [3.63, 3.8) is 0 Å². The Morgan fingerprint density at radius 2 is 2.11 bits per heavy atom. The molecule has 10 heteroatoms. The summed E-state index contributed by atoms with van der Waals surface area (Å²) < 4.78 is 25.3. The van der Waals surface area contributed by atoms with Crippen molar-refractivity contribution < 1.29 is 13.2 Å². The molecular weight excluding hydrogens is 398 g/mol. The van der Waals surface area contributed by atoms with E-state index in [-0.39, 0.29) is 29.2 Å². The Morgan fingerprint density at radius 3 is 2.82 bits per heavy atom. The number of thioether (sulfide) groups is 1. The van der Waals surface area contributed by atoms with Crippen LogP contribution in [0.4, 0.5) is 0 Å². The maximum Gasteiger partial charge on any atom is 0.233 e. The van der Waals surface area contributed by atoms with Crippen molar-refractivity contribution >= 4 is 49.6 Å². The zero-order valence-corrected chi connectivity index (χ0v) is 17.3. The standard InChI is InChI=1S/C18H21N5O3S2/c1-3-23-14-7-5-4-6-13(14)16-17(23)19-18(21-20-16)27-10-15(24)22(2)12-8-9-28(25,26)11-12/h4-7,12H,3,8-11H2,1-2H3/t12-/m1/s1. The number of rotatable bonds is 5. The van der Waals surface area contributed by atoms with Gasteiger partial charge in [-0.1, -0.05) is 30.0 Å². The lowest BCUT2D eigenvalue weighted by Crippen LogP contribution is -2.38. The summed E-state index contributed by atoms with van der Waals surface area (Å²) in [6.07, 6.45) is 0.496. The van der Waals surface area contributed by atoms with Crippen molar-refractivity contribution in [3.8, 4) is 0 Å². The topological polar surface area (TPSA) is 98.0 Å². The zero-order chi connectivity index (χ0) is 19.9. The van der Waals surface area contributed by atoms with E-state index in [1.807, 2.05) is 24.3 Å². The van der Waals surface area contributed by atoms with Gasteiger partial charge in [-0.15, -0.1) is 10.2 Å². The zero-order valence-electron chi connectivity index (χ0n) is 15.7. The number of benzene rings is 1. The molecule has 3 aromatic rings. The number of sulfone groups is 1. The molecule has 1 atom stereocenters. The number of aryl methyl sites for hydroxylation is 1. The minimum atomic E-state index is -3.02. The molecule has 28 heavy (non-hydrogen) atoms. The van der Waals surface area contributed by atoms with Crippen LogP contribution >= 0.6 is 11.8 Å². The first-order valence-electron chi connectivity index (χ1n) is 9.10. The van der Waals surface area contributed by atoms with Gasteiger partial charge in [0.25, 0.3) is 0 Å². The van der Waals surface area contributed by atoms with Gasteiger partial charge in [-0.25, -0.2) is 13.4 Å². The minimum absolute atomic E-state index is 0.0422. The molecule has 0 bridgehead atoms. The molecule has 1 saturated heterocycles. The number of nitrogens with zero attached hydrogens (tertiary/aromatic N) is 5. The Balaban J connectivity index is 1.52. The highest BCUT2D eigenvalue weighted by Gasteiger charge is 2.32. The minimum Gasteiger partial charge on any atom is -0.341 e. The monoisotopic (exact) mass is 419 g/mol. The molecular formula is C18H21N5O3S2. The molecule has 8 nitrogen and oxygen atoms in total. The average molecular weight is 420 g/mol. The van der Waals surface area contributed by atoms with Crippen LogP contribution < -0.4 is 0 Å². The molecule has 2 aromatic heterocycles. The Morgan fingerprint density at radius 1 is 1.32 bits per heavy atom. The van der Waals surface area contributed by atoms with Gasteiger partial charge in [0.15, 0.2) is 15.5 Å². The van der Waals surface area contributed by atoms with Crippen LogP contribution in [0.15, 0.2) is 29.4 Å². The van der Waals surface area contributed by atoms with Crippen molar-refractivity contribution in [2.24, 2.45) is 0 Å². The van der Waals surface area contributed by atoms with E-state index in [0.29, 0.717) is 11.6 Å². The fraction of sp³-hybridized carbons (Fsp3) is 0.444. The van der Waals surface area contributed by atoms with E-state index in [9.17, 15) is 13.2 Å². The second-order valence-corrected chi connectivity index (χ2v) is 10.0. The molecule has 0 unspecified atom stereocenters. The molecule has 0 radical (unpaired) electrons. The molecule has 4 rings (SSSR count). The highest BCUT2D eigenvalue weighted by atomic mass is 32.2. The molecule has 3 heterocycles. The third-order valence-electron chi connectivity index (χ3n) is 5.15. The second-order valence-electron chi connectivity index (χ2n) is 6.88. The van der Waals surface area contributed by atoms with Crippen LogP contribution in [0, 0.1) is 0 Å². The van der Waals surface area contributed by atoms with Crippen molar-refractivity contribution in [1.29, 1.82) is 0 Å². The third kappa shape index (κ3) is 3.46. The summed E-state index contributed by atoms with van der Waals surface area (Å²) in [6.45, 7) is 2.81. The lowest BCUT2D eigenvalue weighted by atomic mass is 10.2. The largest absolute Gasteiger partial charge is 0.341 e. The second kappa shape index (κ2) is 7.32. The van der Waals surface area contributed by atoms with Crippen molar-refractivity contribution in [1.82, 2.24) is 24.6 Å². The highest BCUT2D eigenvalue weighted by Crippen LogP contribution is 2.27. The molecule has 1 aromatic carbocycles. The van der Waals surface area contributed by atoms with Gasteiger partial charge in [-0.3, -0.25) is 4.79 Å². The number of hydrogen-bond acceptors (Lipinski definition) is 7. The number of para-hydroxylation sites is 1. The number of amides is 1. The third-order valence-corrected chi connectivity index (χ3v) is 7.72.